The van der Waals surface area contributed by atoms with Gasteiger partial charge in [0, 0.05) is 67.6 Å². The number of fused-ring (bicyclic) bond motifs is 1. The molecular weight excluding hydrogens is 518 g/mol. The highest BCUT2D eigenvalue weighted by Crippen LogP contribution is 2.24. The molecule has 1 fully saturated rings. The van der Waals surface area contributed by atoms with Crippen LogP contribution in [0.1, 0.15) is 18.9 Å². The van der Waals surface area contributed by atoms with E-state index in [-0.39, 0.29) is 5.91 Å². The lowest BCUT2D eigenvalue weighted by Gasteiger charge is -2.36. The summed E-state index contributed by atoms with van der Waals surface area (Å²) in [4.78, 5) is 32.8. The second kappa shape index (κ2) is 13.7. The molecule has 0 aliphatic carbocycles. The zero-order chi connectivity index (χ0) is 28.4. The minimum absolute atomic E-state index is 0.00247. The molecule has 0 saturated carbocycles. The summed E-state index contributed by atoms with van der Waals surface area (Å²) in [6.45, 7) is 6.82. The number of anilines is 3. The number of H-pyrrole nitrogens is 1. The Morgan fingerprint density at radius 3 is 2.59 bits per heavy atom. The fraction of sp³-hybridized carbons (Fsp3) is 0.312. The molecule has 3 N–H and O–H groups in total. The van der Waals surface area contributed by atoms with E-state index in [9.17, 15) is 9.59 Å². The molecule has 5 rings (SSSR count). The molecule has 0 atom stereocenters. The van der Waals surface area contributed by atoms with Crippen molar-refractivity contribution < 1.29 is 19.1 Å². The van der Waals surface area contributed by atoms with E-state index >= 15 is 0 Å². The molecule has 2 amide bonds. The highest BCUT2D eigenvalue weighted by Gasteiger charge is 2.18. The molecule has 1 saturated heterocycles. The van der Waals surface area contributed by atoms with Crippen LogP contribution < -0.4 is 20.3 Å². The van der Waals surface area contributed by atoms with Gasteiger partial charge in [-0.05, 0) is 55.3 Å². The summed E-state index contributed by atoms with van der Waals surface area (Å²) in [7, 11) is 0. The number of nitrogens with zero attached hydrogens (tertiary/aromatic N) is 2. The normalized spacial score (nSPS) is 13.6. The number of aromatic amines is 1. The van der Waals surface area contributed by atoms with Gasteiger partial charge in [-0.2, -0.15) is 0 Å². The van der Waals surface area contributed by atoms with Crippen LogP contribution in [-0.2, 0) is 16.0 Å². The van der Waals surface area contributed by atoms with Crippen LogP contribution in [0, 0.1) is 0 Å². The topological polar surface area (TPSA) is 98.9 Å². The number of piperazine rings is 1. The first-order valence-electron chi connectivity index (χ1n) is 14.2. The van der Waals surface area contributed by atoms with E-state index in [1.54, 1.807) is 6.07 Å². The molecule has 1 aliphatic heterocycles. The molecule has 0 unspecified atom stereocenters. The number of carbonyl (C=O) groups excluding carboxylic acids is 2. The summed E-state index contributed by atoms with van der Waals surface area (Å²) < 4.78 is 11.0. The number of carbonyl (C=O) groups is 2. The third kappa shape index (κ3) is 7.58. The van der Waals surface area contributed by atoms with Crippen LogP contribution in [0.2, 0.25) is 0 Å². The lowest BCUT2D eigenvalue weighted by molar-refractivity contribution is -0.116. The smallest absolute Gasteiger partial charge is 0.411 e. The van der Waals surface area contributed by atoms with E-state index in [0.29, 0.717) is 44.0 Å². The summed E-state index contributed by atoms with van der Waals surface area (Å²) in [5, 5.41) is 6.98. The first-order chi connectivity index (χ1) is 20.1. The van der Waals surface area contributed by atoms with Gasteiger partial charge in [-0.1, -0.05) is 36.4 Å². The van der Waals surface area contributed by atoms with Crippen molar-refractivity contribution >= 4 is 40.0 Å². The number of ether oxygens (including phenoxy) is 2. The van der Waals surface area contributed by atoms with Crippen molar-refractivity contribution in [2.24, 2.45) is 0 Å². The van der Waals surface area contributed by atoms with Gasteiger partial charge in [0.25, 0.3) is 0 Å². The van der Waals surface area contributed by atoms with Crippen LogP contribution in [-0.4, -0.2) is 67.8 Å². The maximum absolute atomic E-state index is 12.7. The summed E-state index contributed by atoms with van der Waals surface area (Å²) in [6.07, 6.45) is 2.60. The number of hydrogen-bond acceptors (Lipinski definition) is 6. The molecule has 3 aromatic carbocycles. The maximum atomic E-state index is 12.7. The lowest BCUT2D eigenvalue weighted by atomic mass is 10.1. The van der Waals surface area contributed by atoms with Crippen molar-refractivity contribution in [1.29, 1.82) is 0 Å². The molecule has 0 spiro atoms. The van der Waals surface area contributed by atoms with Crippen molar-refractivity contribution in [3.05, 3.63) is 84.6 Å². The number of amides is 2. The number of aromatic nitrogens is 1. The summed E-state index contributed by atoms with van der Waals surface area (Å²) in [5.41, 5.74) is 4.73. The Kier molecular flexibility index (Phi) is 9.38. The van der Waals surface area contributed by atoms with Gasteiger partial charge in [-0.25, -0.2) is 4.79 Å². The molecule has 1 aliphatic rings. The molecular formula is C32H37N5O4. The Bertz CT molecular complexity index is 1460. The largest absolute Gasteiger partial charge is 0.492 e. The second-order valence-electron chi connectivity index (χ2n) is 9.98. The Labute approximate surface area is 240 Å². The van der Waals surface area contributed by atoms with Crippen LogP contribution in [0.25, 0.3) is 10.9 Å². The van der Waals surface area contributed by atoms with Gasteiger partial charge in [0.15, 0.2) is 0 Å². The molecule has 0 bridgehead atoms. The highest BCUT2D eigenvalue weighted by molar-refractivity contribution is 5.92. The highest BCUT2D eigenvalue weighted by atomic mass is 16.5. The number of nitrogens with one attached hydrogen (secondary N) is 3. The van der Waals surface area contributed by atoms with Gasteiger partial charge >= 0.3 is 6.09 Å². The van der Waals surface area contributed by atoms with E-state index in [4.69, 9.17) is 9.47 Å². The Balaban J connectivity index is 1.03. The quantitative estimate of drug-likeness (QED) is 0.226. The number of aryl methyl sites for hydroxylation is 1. The minimum Gasteiger partial charge on any atom is -0.492 e. The third-order valence-corrected chi connectivity index (χ3v) is 7.23. The lowest BCUT2D eigenvalue weighted by Crippen LogP contribution is -2.47. The van der Waals surface area contributed by atoms with Crippen molar-refractivity contribution in [3.63, 3.8) is 0 Å². The zero-order valence-electron chi connectivity index (χ0n) is 23.4. The monoisotopic (exact) mass is 555 g/mol. The fourth-order valence-corrected chi connectivity index (χ4v) is 5.08. The fourth-order valence-electron chi connectivity index (χ4n) is 5.08. The van der Waals surface area contributed by atoms with E-state index in [0.717, 1.165) is 48.6 Å². The predicted molar refractivity (Wildman–Crippen MR) is 163 cm³/mol. The molecule has 9 heteroatoms. The van der Waals surface area contributed by atoms with Gasteiger partial charge in [0.05, 0.1) is 12.3 Å². The van der Waals surface area contributed by atoms with Gasteiger partial charge in [0.1, 0.15) is 12.4 Å². The molecule has 4 aromatic rings. The molecule has 41 heavy (non-hydrogen) atoms. The maximum Gasteiger partial charge on any atom is 0.411 e. The van der Waals surface area contributed by atoms with Crippen LogP contribution in [0.3, 0.4) is 0 Å². The SMILES string of the molecule is CCOc1ccccc1NC(=O)OCCN1CCN(c2cccc(NC(=O)CCc3c[nH]c4ccccc34)c2)CC1. The van der Waals surface area contributed by atoms with Crippen molar-refractivity contribution in [3.8, 4) is 5.75 Å². The Hall–Kier alpha value is -4.50. The third-order valence-electron chi connectivity index (χ3n) is 7.23. The van der Waals surface area contributed by atoms with Crippen molar-refractivity contribution in [2.45, 2.75) is 19.8 Å². The van der Waals surface area contributed by atoms with Crippen LogP contribution in [0.4, 0.5) is 21.9 Å². The number of rotatable bonds is 11. The van der Waals surface area contributed by atoms with Crippen LogP contribution in [0.5, 0.6) is 5.75 Å². The van der Waals surface area contributed by atoms with E-state index in [2.05, 4.69) is 37.6 Å². The van der Waals surface area contributed by atoms with Gasteiger partial charge < -0.3 is 24.7 Å². The molecule has 0 radical (unpaired) electrons. The minimum atomic E-state index is -0.490. The first-order valence-corrected chi connectivity index (χ1v) is 14.2. The molecule has 1 aromatic heterocycles. The van der Waals surface area contributed by atoms with Crippen molar-refractivity contribution in [1.82, 2.24) is 9.88 Å². The zero-order valence-corrected chi connectivity index (χ0v) is 23.4. The summed E-state index contributed by atoms with van der Waals surface area (Å²) >= 11 is 0. The van der Waals surface area contributed by atoms with Crippen molar-refractivity contribution in [2.75, 3.05) is 61.5 Å². The summed E-state index contributed by atoms with van der Waals surface area (Å²) in [5.74, 6) is 0.625. The average Bonchev–Trinajstić information content (AvgIpc) is 3.41. The predicted octanol–water partition coefficient (Wildman–Crippen LogP) is 5.51. The average molecular weight is 556 g/mol. The standard InChI is InChI=1S/C32H37N5O4/c1-2-40-30-13-6-5-12-29(30)35-32(39)41-21-20-36-16-18-37(19-17-36)26-9-7-8-25(22-26)34-31(38)15-14-24-23-33-28-11-4-3-10-27(24)28/h3-13,22-23,33H,2,14-21H2,1H3,(H,34,38)(H,35,39). The number of hydrogen-bond donors (Lipinski definition) is 3. The molecule has 2 heterocycles. The van der Waals surface area contributed by atoms with Gasteiger partial charge in [-0.15, -0.1) is 0 Å². The molecule has 9 nitrogen and oxygen atoms in total. The van der Waals surface area contributed by atoms with Crippen LogP contribution in [0.15, 0.2) is 79.0 Å². The van der Waals surface area contributed by atoms with Gasteiger partial charge in [-0.3, -0.25) is 15.0 Å². The van der Waals surface area contributed by atoms with E-state index in [1.807, 2.05) is 67.7 Å². The van der Waals surface area contributed by atoms with Gasteiger partial charge in [0.2, 0.25) is 5.91 Å². The number of para-hydroxylation sites is 3. The second-order valence-corrected chi connectivity index (χ2v) is 9.98. The van der Waals surface area contributed by atoms with Crippen LogP contribution >= 0.6 is 0 Å². The van der Waals surface area contributed by atoms with E-state index < -0.39 is 6.09 Å². The number of benzene rings is 3. The Morgan fingerprint density at radius 2 is 1.73 bits per heavy atom. The Morgan fingerprint density at radius 1 is 0.927 bits per heavy atom. The summed E-state index contributed by atoms with van der Waals surface area (Å²) in [6, 6.07) is 23.5. The first kappa shape index (κ1) is 28.0. The van der Waals surface area contributed by atoms with E-state index in [1.165, 1.54) is 5.39 Å². The molecule has 214 valence electrons.